The predicted octanol–water partition coefficient (Wildman–Crippen LogP) is 2.55. The molecule has 3 nitrogen and oxygen atoms in total. The molecule has 2 aromatic rings. The number of nitrogens with one attached hydrogen (secondary N) is 1. The van der Waals surface area contributed by atoms with E-state index in [1.54, 1.807) is 18.6 Å². The van der Waals surface area contributed by atoms with Gasteiger partial charge in [-0.15, -0.1) is 0 Å². The van der Waals surface area contributed by atoms with Crippen molar-refractivity contribution in [2.45, 2.75) is 19.5 Å². The third-order valence-electron chi connectivity index (χ3n) is 2.95. The van der Waals surface area contributed by atoms with Gasteiger partial charge in [0.25, 0.3) is 0 Å². The maximum atomic E-state index is 13.1. The first-order chi connectivity index (χ1) is 8.58. The van der Waals surface area contributed by atoms with Crippen LogP contribution in [-0.4, -0.2) is 9.55 Å². The summed E-state index contributed by atoms with van der Waals surface area (Å²) in [6.45, 7) is 2.53. The lowest BCUT2D eigenvalue weighted by Crippen LogP contribution is -2.19. The van der Waals surface area contributed by atoms with Crippen LogP contribution in [0.2, 0.25) is 0 Å². The first kappa shape index (κ1) is 12.7. The number of imidazole rings is 1. The van der Waals surface area contributed by atoms with E-state index in [9.17, 15) is 8.78 Å². The Kier molecular flexibility index (Phi) is 3.72. The van der Waals surface area contributed by atoms with Gasteiger partial charge in [0.15, 0.2) is 11.6 Å². The van der Waals surface area contributed by atoms with E-state index in [0.29, 0.717) is 6.54 Å². The van der Waals surface area contributed by atoms with Gasteiger partial charge in [-0.25, -0.2) is 13.8 Å². The zero-order valence-corrected chi connectivity index (χ0v) is 10.3. The Morgan fingerprint density at radius 1 is 1.33 bits per heavy atom. The minimum Gasteiger partial charge on any atom is -0.337 e. The SMILES string of the molecule is CC(NCc1cncn1C)c1ccc(F)c(F)c1. The second kappa shape index (κ2) is 5.27. The molecule has 1 N–H and O–H groups in total. The Hall–Kier alpha value is -1.75. The molecule has 18 heavy (non-hydrogen) atoms. The van der Waals surface area contributed by atoms with Gasteiger partial charge in [-0.3, -0.25) is 0 Å². The van der Waals surface area contributed by atoms with E-state index >= 15 is 0 Å². The average molecular weight is 251 g/mol. The number of rotatable bonds is 4. The smallest absolute Gasteiger partial charge is 0.159 e. The van der Waals surface area contributed by atoms with Crippen molar-refractivity contribution in [2.75, 3.05) is 0 Å². The quantitative estimate of drug-likeness (QED) is 0.905. The third-order valence-corrected chi connectivity index (χ3v) is 2.95. The first-order valence-corrected chi connectivity index (χ1v) is 5.71. The molecule has 1 heterocycles. The number of benzene rings is 1. The van der Waals surface area contributed by atoms with E-state index in [1.165, 1.54) is 6.07 Å². The van der Waals surface area contributed by atoms with Gasteiger partial charge >= 0.3 is 0 Å². The van der Waals surface area contributed by atoms with Crippen LogP contribution < -0.4 is 5.32 Å². The van der Waals surface area contributed by atoms with Gasteiger partial charge in [-0.2, -0.15) is 0 Å². The molecular formula is C13H15F2N3. The summed E-state index contributed by atoms with van der Waals surface area (Å²) >= 11 is 0. The third kappa shape index (κ3) is 2.73. The largest absolute Gasteiger partial charge is 0.337 e. The second-order valence-electron chi connectivity index (χ2n) is 4.27. The topological polar surface area (TPSA) is 29.9 Å². The molecule has 1 unspecified atom stereocenters. The van der Waals surface area contributed by atoms with Crippen molar-refractivity contribution in [3.8, 4) is 0 Å². The molecule has 5 heteroatoms. The fourth-order valence-electron chi connectivity index (χ4n) is 1.71. The number of aromatic nitrogens is 2. The summed E-state index contributed by atoms with van der Waals surface area (Å²) in [4.78, 5) is 4.01. The van der Waals surface area contributed by atoms with Crippen LogP contribution in [0, 0.1) is 11.6 Å². The van der Waals surface area contributed by atoms with Crippen LogP contribution in [0.1, 0.15) is 24.2 Å². The van der Waals surface area contributed by atoms with Gasteiger partial charge in [0.2, 0.25) is 0 Å². The monoisotopic (exact) mass is 251 g/mol. The van der Waals surface area contributed by atoms with E-state index in [4.69, 9.17) is 0 Å². The fraction of sp³-hybridized carbons (Fsp3) is 0.308. The summed E-state index contributed by atoms with van der Waals surface area (Å²) in [6, 6.07) is 3.89. The molecule has 2 rings (SSSR count). The Morgan fingerprint density at radius 3 is 2.72 bits per heavy atom. The van der Waals surface area contributed by atoms with Crippen molar-refractivity contribution < 1.29 is 8.78 Å². The predicted molar refractivity (Wildman–Crippen MR) is 64.8 cm³/mol. The van der Waals surface area contributed by atoms with Crippen LogP contribution in [0.25, 0.3) is 0 Å². The minimum atomic E-state index is -0.822. The maximum Gasteiger partial charge on any atom is 0.159 e. The second-order valence-corrected chi connectivity index (χ2v) is 4.27. The molecule has 1 aromatic carbocycles. The summed E-state index contributed by atoms with van der Waals surface area (Å²) in [5.41, 5.74) is 1.75. The van der Waals surface area contributed by atoms with Crippen LogP contribution in [0.4, 0.5) is 8.78 Å². The Morgan fingerprint density at radius 2 is 2.11 bits per heavy atom. The summed E-state index contributed by atoms with van der Waals surface area (Å²) in [5.74, 6) is -1.64. The molecule has 0 aliphatic carbocycles. The van der Waals surface area contributed by atoms with Crippen molar-refractivity contribution in [2.24, 2.45) is 7.05 Å². The maximum absolute atomic E-state index is 13.1. The van der Waals surface area contributed by atoms with Crippen LogP contribution in [0.3, 0.4) is 0 Å². The van der Waals surface area contributed by atoms with E-state index in [1.807, 2.05) is 18.5 Å². The molecule has 0 amide bonds. The van der Waals surface area contributed by atoms with E-state index in [2.05, 4.69) is 10.3 Å². The summed E-state index contributed by atoms with van der Waals surface area (Å²) < 4.78 is 27.8. The number of nitrogens with zero attached hydrogens (tertiary/aromatic N) is 2. The van der Waals surface area contributed by atoms with Crippen molar-refractivity contribution in [1.82, 2.24) is 14.9 Å². The van der Waals surface area contributed by atoms with Crippen LogP contribution in [0.5, 0.6) is 0 Å². The van der Waals surface area contributed by atoms with Crippen molar-refractivity contribution in [1.29, 1.82) is 0 Å². The molecule has 96 valence electrons. The van der Waals surface area contributed by atoms with Gasteiger partial charge in [-0.05, 0) is 24.6 Å². The summed E-state index contributed by atoms with van der Waals surface area (Å²) in [6.07, 6.45) is 3.49. The van der Waals surface area contributed by atoms with Crippen LogP contribution in [0.15, 0.2) is 30.7 Å². The highest BCUT2D eigenvalue weighted by molar-refractivity contribution is 5.20. The molecule has 0 fully saturated rings. The fourth-order valence-corrected chi connectivity index (χ4v) is 1.71. The molecule has 0 aliphatic heterocycles. The van der Waals surface area contributed by atoms with E-state index in [-0.39, 0.29) is 6.04 Å². The van der Waals surface area contributed by atoms with Gasteiger partial charge in [0.1, 0.15) is 0 Å². The molecule has 1 aromatic heterocycles. The summed E-state index contributed by atoms with van der Waals surface area (Å²) in [5, 5.41) is 3.24. The van der Waals surface area contributed by atoms with Crippen molar-refractivity contribution in [3.05, 3.63) is 53.6 Å². The molecule has 0 spiro atoms. The molecule has 1 atom stereocenters. The number of aryl methyl sites for hydroxylation is 1. The van der Waals surface area contributed by atoms with Crippen LogP contribution in [-0.2, 0) is 13.6 Å². The number of hydrogen-bond donors (Lipinski definition) is 1. The minimum absolute atomic E-state index is 0.0602. The van der Waals surface area contributed by atoms with E-state index in [0.717, 1.165) is 17.3 Å². The van der Waals surface area contributed by atoms with Crippen molar-refractivity contribution in [3.63, 3.8) is 0 Å². The molecule has 0 radical (unpaired) electrons. The molecular weight excluding hydrogens is 236 g/mol. The standard InChI is InChI=1S/C13H15F2N3/c1-9(10-3-4-12(14)13(15)5-10)17-7-11-6-16-8-18(11)2/h3-6,8-9,17H,7H2,1-2H3. The summed E-state index contributed by atoms with van der Waals surface area (Å²) in [7, 11) is 1.91. The molecule has 0 aliphatic rings. The average Bonchev–Trinajstić information content (AvgIpc) is 2.75. The Bertz CT molecular complexity index is 537. The van der Waals surface area contributed by atoms with Gasteiger partial charge in [0.05, 0.1) is 12.0 Å². The highest BCUT2D eigenvalue weighted by Gasteiger charge is 2.09. The van der Waals surface area contributed by atoms with E-state index < -0.39 is 11.6 Å². The first-order valence-electron chi connectivity index (χ1n) is 5.71. The zero-order chi connectivity index (χ0) is 13.1. The lowest BCUT2D eigenvalue weighted by molar-refractivity contribution is 0.499. The van der Waals surface area contributed by atoms with Gasteiger partial charge in [-0.1, -0.05) is 6.07 Å². The number of hydrogen-bond acceptors (Lipinski definition) is 2. The number of halogens is 2. The zero-order valence-electron chi connectivity index (χ0n) is 10.3. The molecule has 0 bridgehead atoms. The van der Waals surface area contributed by atoms with Crippen molar-refractivity contribution >= 4 is 0 Å². The molecule has 0 saturated carbocycles. The lowest BCUT2D eigenvalue weighted by atomic mass is 10.1. The normalized spacial score (nSPS) is 12.7. The Labute approximate surface area is 104 Å². The highest BCUT2D eigenvalue weighted by Crippen LogP contribution is 2.16. The Balaban J connectivity index is 2.01. The van der Waals surface area contributed by atoms with Gasteiger partial charge in [0, 0.05) is 25.8 Å². The van der Waals surface area contributed by atoms with Crippen LogP contribution >= 0.6 is 0 Å². The highest BCUT2D eigenvalue weighted by atomic mass is 19.2. The van der Waals surface area contributed by atoms with Gasteiger partial charge < -0.3 is 9.88 Å². The molecule has 0 saturated heterocycles. The lowest BCUT2D eigenvalue weighted by Gasteiger charge is -2.14.